The number of rotatable bonds is 6. The van der Waals surface area contributed by atoms with E-state index in [4.69, 9.17) is 4.74 Å². The highest BCUT2D eigenvalue weighted by molar-refractivity contribution is 6.04. The molecule has 2 atom stereocenters. The number of hydrogen-bond donors (Lipinski definition) is 3. The van der Waals surface area contributed by atoms with Crippen LogP contribution in [0.4, 0.5) is 4.79 Å². The summed E-state index contributed by atoms with van der Waals surface area (Å²) >= 11 is 0. The molecule has 0 aromatic heterocycles. The molecule has 0 unspecified atom stereocenters. The highest BCUT2D eigenvalue weighted by Gasteiger charge is 2.29. The van der Waals surface area contributed by atoms with Crippen LogP contribution in [0.1, 0.15) is 32.1 Å². The second-order valence-corrected chi connectivity index (χ2v) is 4.83. The number of amides is 4. The third kappa shape index (κ3) is 4.20. The Kier molecular flexibility index (Phi) is 4.73. The van der Waals surface area contributed by atoms with Crippen LogP contribution in [0.25, 0.3) is 0 Å². The van der Waals surface area contributed by atoms with E-state index in [1.165, 1.54) is 0 Å². The summed E-state index contributed by atoms with van der Waals surface area (Å²) in [7, 11) is 0. The van der Waals surface area contributed by atoms with Gasteiger partial charge in [0.15, 0.2) is 0 Å². The first-order valence-corrected chi connectivity index (χ1v) is 6.65. The molecule has 0 saturated carbocycles. The van der Waals surface area contributed by atoms with E-state index in [1.54, 1.807) is 0 Å². The average Bonchev–Trinajstić information content (AvgIpc) is 2.97. The molecule has 0 aromatic rings. The van der Waals surface area contributed by atoms with E-state index in [1.807, 2.05) is 0 Å². The molecule has 2 aliphatic heterocycles. The number of imide groups is 1. The van der Waals surface area contributed by atoms with Crippen LogP contribution in [0.5, 0.6) is 0 Å². The number of urea groups is 1. The van der Waals surface area contributed by atoms with Gasteiger partial charge >= 0.3 is 6.03 Å². The van der Waals surface area contributed by atoms with Crippen molar-refractivity contribution in [2.24, 2.45) is 0 Å². The van der Waals surface area contributed by atoms with Gasteiger partial charge in [-0.1, -0.05) is 0 Å². The molecule has 2 aliphatic rings. The van der Waals surface area contributed by atoms with Crippen LogP contribution >= 0.6 is 0 Å². The quantitative estimate of drug-likeness (QED) is 0.575. The molecular weight excluding hydrogens is 250 g/mol. The lowest BCUT2D eigenvalue weighted by molar-refractivity contribution is -0.122. The first kappa shape index (κ1) is 13.8. The zero-order chi connectivity index (χ0) is 13.7. The number of hydrogen-bond acceptors (Lipinski definition) is 4. The molecule has 7 heteroatoms. The molecule has 0 bridgehead atoms. The van der Waals surface area contributed by atoms with Gasteiger partial charge in [0.1, 0.15) is 6.04 Å². The molecule has 0 aromatic carbocycles. The van der Waals surface area contributed by atoms with Gasteiger partial charge in [0.25, 0.3) is 5.91 Å². The molecule has 0 spiro atoms. The standard InChI is InChI=1S/C12H19N3O4/c16-10(13-6-5-8-2-1-7-19-8)4-3-9-11(17)15-12(18)14-9/h8-9H,1-7H2,(H,13,16)(H2,14,15,17,18)/t8-,9+/m1/s1. The molecule has 2 fully saturated rings. The van der Waals surface area contributed by atoms with E-state index in [2.05, 4.69) is 16.0 Å². The summed E-state index contributed by atoms with van der Waals surface area (Å²) in [5.74, 6) is -0.468. The van der Waals surface area contributed by atoms with Crippen molar-refractivity contribution in [3.05, 3.63) is 0 Å². The predicted octanol–water partition coefficient (Wildman–Crippen LogP) is -0.340. The maximum Gasteiger partial charge on any atom is 0.322 e. The summed E-state index contributed by atoms with van der Waals surface area (Å²) in [6.07, 6.45) is 3.79. The minimum Gasteiger partial charge on any atom is -0.378 e. The Balaban J connectivity index is 1.56. The van der Waals surface area contributed by atoms with E-state index >= 15 is 0 Å². The van der Waals surface area contributed by atoms with Gasteiger partial charge in [0.05, 0.1) is 6.10 Å². The van der Waals surface area contributed by atoms with E-state index in [-0.39, 0.29) is 24.3 Å². The Morgan fingerprint density at radius 1 is 1.37 bits per heavy atom. The molecule has 2 heterocycles. The molecule has 0 radical (unpaired) electrons. The van der Waals surface area contributed by atoms with Crippen LogP contribution in [-0.4, -0.2) is 43.1 Å². The molecule has 19 heavy (non-hydrogen) atoms. The second kappa shape index (κ2) is 6.51. The molecule has 2 rings (SSSR count). The van der Waals surface area contributed by atoms with Crippen molar-refractivity contribution in [3.8, 4) is 0 Å². The Morgan fingerprint density at radius 3 is 2.84 bits per heavy atom. The summed E-state index contributed by atoms with van der Waals surface area (Å²) in [6.45, 7) is 1.40. The van der Waals surface area contributed by atoms with Crippen molar-refractivity contribution in [2.75, 3.05) is 13.2 Å². The number of carbonyl (C=O) groups excluding carboxylic acids is 3. The summed E-state index contributed by atoms with van der Waals surface area (Å²) in [4.78, 5) is 33.7. The SMILES string of the molecule is O=C(CC[C@@H]1NC(=O)NC1=O)NCC[C@H]1CCCO1. The minimum atomic E-state index is -0.587. The zero-order valence-corrected chi connectivity index (χ0v) is 10.7. The van der Waals surface area contributed by atoms with Crippen molar-refractivity contribution in [1.29, 1.82) is 0 Å². The third-order valence-electron chi connectivity index (χ3n) is 3.33. The predicted molar refractivity (Wildman–Crippen MR) is 66.3 cm³/mol. The fourth-order valence-electron chi connectivity index (χ4n) is 2.27. The van der Waals surface area contributed by atoms with Crippen LogP contribution < -0.4 is 16.0 Å². The zero-order valence-electron chi connectivity index (χ0n) is 10.7. The molecular formula is C12H19N3O4. The van der Waals surface area contributed by atoms with Gasteiger partial charge in [-0.2, -0.15) is 0 Å². The van der Waals surface area contributed by atoms with Gasteiger partial charge in [0.2, 0.25) is 5.91 Å². The van der Waals surface area contributed by atoms with Crippen LogP contribution in [0.2, 0.25) is 0 Å². The summed E-state index contributed by atoms with van der Waals surface area (Å²) in [5.41, 5.74) is 0. The van der Waals surface area contributed by atoms with Gasteiger partial charge in [-0.25, -0.2) is 4.79 Å². The van der Waals surface area contributed by atoms with Crippen molar-refractivity contribution in [1.82, 2.24) is 16.0 Å². The van der Waals surface area contributed by atoms with Crippen molar-refractivity contribution in [2.45, 2.75) is 44.2 Å². The van der Waals surface area contributed by atoms with Gasteiger partial charge in [-0.3, -0.25) is 14.9 Å². The molecule has 0 aliphatic carbocycles. The van der Waals surface area contributed by atoms with Gasteiger partial charge in [-0.05, 0) is 25.7 Å². The van der Waals surface area contributed by atoms with Crippen LogP contribution in [0.15, 0.2) is 0 Å². The Hall–Kier alpha value is -1.63. The highest BCUT2D eigenvalue weighted by Crippen LogP contribution is 2.14. The van der Waals surface area contributed by atoms with Crippen LogP contribution in [0.3, 0.4) is 0 Å². The summed E-state index contributed by atoms with van der Waals surface area (Å²) in [5, 5.41) is 7.39. The monoisotopic (exact) mass is 269 g/mol. The molecule has 2 saturated heterocycles. The maximum absolute atomic E-state index is 11.6. The fraction of sp³-hybridized carbons (Fsp3) is 0.750. The smallest absolute Gasteiger partial charge is 0.322 e. The van der Waals surface area contributed by atoms with E-state index < -0.39 is 12.1 Å². The Morgan fingerprint density at radius 2 is 2.21 bits per heavy atom. The van der Waals surface area contributed by atoms with Crippen molar-refractivity contribution in [3.63, 3.8) is 0 Å². The number of ether oxygens (including phenoxy) is 1. The van der Waals surface area contributed by atoms with Gasteiger partial charge in [0, 0.05) is 19.6 Å². The van der Waals surface area contributed by atoms with Crippen LogP contribution in [-0.2, 0) is 14.3 Å². The average molecular weight is 269 g/mol. The normalized spacial score (nSPS) is 26.1. The fourth-order valence-corrected chi connectivity index (χ4v) is 2.27. The molecule has 4 amide bonds. The largest absolute Gasteiger partial charge is 0.378 e. The lowest BCUT2D eigenvalue weighted by atomic mass is 10.1. The lowest BCUT2D eigenvalue weighted by Crippen LogP contribution is -2.32. The first-order valence-electron chi connectivity index (χ1n) is 6.65. The molecule has 3 N–H and O–H groups in total. The number of carbonyl (C=O) groups is 3. The van der Waals surface area contributed by atoms with Crippen molar-refractivity contribution >= 4 is 17.8 Å². The lowest BCUT2D eigenvalue weighted by Gasteiger charge is -2.11. The molecule has 7 nitrogen and oxygen atoms in total. The highest BCUT2D eigenvalue weighted by atomic mass is 16.5. The summed E-state index contributed by atoms with van der Waals surface area (Å²) < 4.78 is 5.45. The number of nitrogens with one attached hydrogen (secondary N) is 3. The van der Waals surface area contributed by atoms with Gasteiger partial charge in [-0.15, -0.1) is 0 Å². The second-order valence-electron chi connectivity index (χ2n) is 4.83. The third-order valence-corrected chi connectivity index (χ3v) is 3.33. The van der Waals surface area contributed by atoms with Crippen LogP contribution in [0, 0.1) is 0 Å². The summed E-state index contributed by atoms with van der Waals surface area (Å²) in [6, 6.07) is -1.08. The first-order chi connectivity index (χ1) is 9.15. The van der Waals surface area contributed by atoms with E-state index in [9.17, 15) is 14.4 Å². The Bertz CT molecular complexity index is 366. The van der Waals surface area contributed by atoms with E-state index in [0.717, 1.165) is 25.9 Å². The molecule has 106 valence electrons. The minimum absolute atomic E-state index is 0.105. The van der Waals surface area contributed by atoms with Gasteiger partial charge < -0.3 is 15.4 Å². The van der Waals surface area contributed by atoms with E-state index in [0.29, 0.717) is 13.0 Å². The van der Waals surface area contributed by atoms with Crippen molar-refractivity contribution < 1.29 is 19.1 Å². The Labute approximate surface area is 111 Å². The maximum atomic E-state index is 11.6. The topological polar surface area (TPSA) is 96.5 Å².